The molecular formula is C18H14N2O2S. The zero-order valence-electron chi connectivity index (χ0n) is 12.5. The van der Waals surface area contributed by atoms with Gasteiger partial charge in [-0.2, -0.15) is 0 Å². The molecule has 0 amide bonds. The van der Waals surface area contributed by atoms with E-state index in [9.17, 15) is 0 Å². The van der Waals surface area contributed by atoms with Crippen molar-refractivity contribution in [1.29, 1.82) is 0 Å². The maximum atomic E-state index is 5.84. The number of ether oxygens (including phenoxy) is 1. The van der Waals surface area contributed by atoms with Crippen molar-refractivity contribution in [1.82, 2.24) is 9.97 Å². The predicted molar refractivity (Wildman–Crippen MR) is 90.6 cm³/mol. The van der Waals surface area contributed by atoms with Crippen molar-refractivity contribution < 1.29 is 9.15 Å². The number of hydrogen-bond donors (Lipinski definition) is 0. The van der Waals surface area contributed by atoms with Gasteiger partial charge in [0.05, 0.1) is 11.2 Å². The van der Waals surface area contributed by atoms with Gasteiger partial charge in [0.25, 0.3) is 0 Å². The first-order valence-corrected chi connectivity index (χ1v) is 8.15. The topological polar surface area (TPSA) is 48.2 Å². The molecule has 0 unspecified atom stereocenters. The lowest BCUT2D eigenvalue weighted by molar-refractivity contribution is 0.302. The smallest absolute Gasteiger partial charge is 0.162 e. The van der Waals surface area contributed by atoms with Crippen LogP contribution in [0.4, 0.5) is 0 Å². The van der Waals surface area contributed by atoms with Crippen LogP contribution in [-0.2, 0) is 6.61 Å². The van der Waals surface area contributed by atoms with Crippen LogP contribution >= 0.6 is 11.3 Å². The molecule has 0 atom stereocenters. The van der Waals surface area contributed by atoms with Crippen LogP contribution in [0, 0.1) is 6.92 Å². The van der Waals surface area contributed by atoms with Gasteiger partial charge in [-0.25, -0.2) is 4.98 Å². The highest BCUT2D eigenvalue weighted by molar-refractivity contribution is 7.13. The van der Waals surface area contributed by atoms with Crippen LogP contribution in [0.5, 0.6) is 5.75 Å². The van der Waals surface area contributed by atoms with E-state index in [-0.39, 0.29) is 0 Å². The van der Waals surface area contributed by atoms with Gasteiger partial charge < -0.3 is 9.15 Å². The molecule has 114 valence electrons. The van der Waals surface area contributed by atoms with Gasteiger partial charge in [0.15, 0.2) is 10.8 Å². The quantitative estimate of drug-likeness (QED) is 0.539. The van der Waals surface area contributed by atoms with Crippen LogP contribution in [0.1, 0.15) is 11.5 Å². The van der Waals surface area contributed by atoms with Gasteiger partial charge in [-0.05, 0) is 43.3 Å². The SMILES string of the molecule is Cc1ccc(-c2nc(COc3ccc4ncccc4c3)cs2)o1. The summed E-state index contributed by atoms with van der Waals surface area (Å²) in [6.07, 6.45) is 1.79. The third-order valence-electron chi connectivity index (χ3n) is 3.46. The molecule has 0 saturated heterocycles. The lowest BCUT2D eigenvalue weighted by Gasteiger charge is -2.05. The Hall–Kier alpha value is -2.66. The molecule has 4 rings (SSSR count). The molecule has 1 aromatic carbocycles. The average Bonchev–Trinajstić information content (AvgIpc) is 3.21. The minimum Gasteiger partial charge on any atom is -0.487 e. The highest BCUT2D eigenvalue weighted by Crippen LogP contribution is 2.26. The summed E-state index contributed by atoms with van der Waals surface area (Å²) in [7, 11) is 0. The normalized spacial score (nSPS) is 11.0. The fraction of sp³-hybridized carbons (Fsp3) is 0.111. The van der Waals surface area contributed by atoms with Crippen molar-refractivity contribution in [3.05, 3.63) is 65.5 Å². The second-order valence-corrected chi connectivity index (χ2v) is 6.06. The Labute approximate surface area is 137 Å². The molecule has 0 aliphatic rings. The minimum atomic E-state index is 0.432. The molecule has 3 aromatic heterocycles. The summed E-state index contributed by atoms with van der Waals surface area (Å²) in [6, 6.07) is 13.7. The van der Waals surface area contributed by atoms with E-state index in [2.05, 4.69) is 9.97 Å². The number of rotatable bonds is 4. The Balaban J connectivity index is 1.49. The van der Waals surface area contributed by atoms with E-state index in [4.69, 9.17) is 9.15 Å². The molecule has 0 aliphatic heterocycles. The number of pyridine rings is 1. The summed E-state index contributed by atoms with van der Waals surface area (Å²) >= 11 is 1.56. The van der Waals surface area contributed by atoms with Crippen LogP contribution in [0.3, 0.4) is 0 Å². The summed E-state index contributed by atoms with van der Waals surface area (Å²) in [6.45, 7) is 2.36. The van der Waals surface area contributed by atoms with E-state index in [0.29, 0.717) is 6.61 Å². The maximum absolute atomic E-state index is 5.84. The molecule has 0 fully saturated rings. The van der Waals surface area contributed by atoms with E-state index in [1.165, 1.54) is 0 Å². The fourth-order valence-electron chi connectivity index (χ4n) is 2.34. The van der Waals surface area contributed by atoms with E-state index in [0.717, 1.165) is 38.9 Å². The first-order valence-electron chi connectivity index (χ1n) is 7.27. The van der Waals surface area contributed by atoms with Gasteiger partial charge in [-0.1, -0.05) is 6.07 Å². The van der Waals surface area contributed by atoms with Crippen molar-refractivity contribution in [2.75, 3.05) is 0 Å². The lowest BCUT2D eigenvalue weighted by Crippen LogP contribution is -1.95. The van der Waals surface area contributed by atoms with E-state index >= 15 is 0 Å². The Morgan fingerprint density at radius 3 is 3.00 bits per heavy atom. The molecule has 0 spiro atoms. The van der Waals surface area contributed by atoms with Crippen molar-refractivity contribution in [2.24, 2.45) is 0 Å². The molecule has 23 heavy (non-hydrogen) atoms. The molecule has 3 heterocycles. The Kier molecular flexibility index (Phi) is 3.55. The van der Waals surface area contributed by atoms with Crippen LogP contribution in [0.2, 0.25) is 0 Å². The maximum Gasteiger partial charge on any atom is 0.162 e. The first-order chi connectivity index (χ1) is 11.3. The number of fused-ring (bicyclic) bond motifs is 1. The lowest BCUT2D eigenvalue weighted by atomic mass is 10.2. The highest BCUT2D eigenvalue weighted by Gasteiger charge is 2.09. The standard InChI is InChI=1S/C18H14N2O2S/c1-12-4-7-17(22-12)18-20-14(11-23-18)10-21-15-5-6-16-13(9-15)3-2-8-19-16/h2-9,11H,10H2,1H3. The minimum absolute atomic E-state index is 0.432. The number of aryl methyl sites for hydroxylation is 1. The number of aromatic nitrogens is 2. The van der Waals surface area contributed by atoms with Gasteiger partial charge in [-0.3, -0.25) is 4.98 Å². The molecule has 0 saturated carbocycles. The summed E-state index contributed by atoms with van der Waals surface area (Å²) in [5, 5.41) is 3.94. The van der Waals surface area contributed by atoms with Crippen molar-refractivity contribution in [2.45, 2.75) is 13.5 Å². The van der Waals surface area contributed by atoms with Crippen molar-refractivity contribution >= 4 is 22.2 Å². The molecule has 0 N–H and O–H groups in total. The number of nitrogens with zero attached hydrogens (tertiary/aromatic N) is 2. The largest absolute Gasteiger partial charge is 0.487 e. The Morgan fingerprint density at radius 2 is 2.13 bits per heavy atom. The first kappa shape index (κ1) is 14.0. The van der Waals surface area contributed by atoms with Gasteiger partial charge >= 0.3 is 0 Å². The zero-order valence-corrected chi connectivity index (χ0v) is 13.3. The molecule has 4 aromatic rings. The summed E-state index contributed by atoms with van der Waals surface area (Å²) in [5.41, 5.74) is 1.86. The number of hydrogen-bond acceptors (Lipinski definition) is 5. The zero-order chi connectivity index (χ0) is 15.6. The van der Waals surface area contributed by atoms with Crippen LogP contribution in [0.25, 0.3) is 21.7 Å². The number of benzene rings is 1. The van der Waals surface area contributed by atoms with Crippen molar-refractivity contribution in [3.8, 4) is 16.5 Å². The van der Waals surface area contributed by atoms with E-state index < -0.39 is 0 Å². The van der Waals surface area contributed by atoms with Crippen molar-refractivity contribution in [3.63, 3.8) is 0 Å². The predicted octanol–water partition coefficient (Wildman–Crippen LogP) is 4.84. The van der Waals surface area contributed by atoms with Gasteiger partial charge in [0, 0.05) is 17.0 Å². The van der Waals surface area contributed by atoms with Crippen LogP contribution in [0.15, 0.2) is 58.5 Å². The van der Waals surface area contributed by atoms with Crippen LogP contribution in [-0.4, -0.2) is 9.97 Å². The van der Waals surface area contributed by atoms with E-state index in [1.54, 1.807) is 17.5 Å². The Bertz CT molecular complexity index is 958. The van der Waals surface area contributed by atoms with Gasteiger partial charge in [0.1, 0.15) is 18.1 Å². The summed E-state index contributed by atoms with van der Waals surface area (Å²) < 4.78 is 11.4. The number of furan rings is 1. The number of thiazole rings is 1. The monoisotopic (exact) mass is 322 g/mol. The highest BCUT2D eigenvalue weighted by atomic mass is 32.1. The Morgan fingerprint density at radius 1 is 1.17 bits per heavy atom. The summed E-state index contributed by atoms with van der Waals surface area (Å²) in [4.78, 5) is 8.86. The van der Waals surface area contributed by atoms with Gasteiger partial charge in [0.2, 0.25) is 0 Å². The second kappa shape index (κ2) is 5.85. The molecule has 0 radical (unpaired) electrons. The second-order valence-electron chi connectivity index (χ2n) is 5.20. The molecule has 4 nitrogen and oxygen atoms in total. The summed E-state index contributed by atoms with van der Waals surface area (Å²) in [5.74, 6) is 2.50. The average molecular weight is 322 g/mol. The fourth-order valence-corrected chi connectivity index (χ4v) is 3.10. The van der Waals surface area contributed by atoms with Crippen LogP contribution < -0.4 is 4.74 Å². The molecule has 0 bridgehead atoms. The molecule has 0 aliphatic carbocycles. The third-order valence-corrected chi connectivity index (χ3v) is 4.37. The molecular weight excluding hydrogens is 308 g/mol. The third kappa shape index (κ3) is 2.96. The van der Waals surface area contributed by atoms with Gasteiger partial charge in [-0.15, -0.1) is 11.3 Å². The molecule has 5 heteroatoms. The van der Waals surface area contributed by atoms with E-state index in [1.807, 2.05) is 54.8 Å².